The minimum atomic E-state index is 0.222. The molecule has 1 aromatic heterocycles. The third kappa shape index (κ3) is 3.11. The summed E-state index contributed by atoms with van der Waals surface area (Å²) < 4.78 is 5.33. The zero-order valence-electron chi connectivity index (χ0n) is 10.9. The Bertz CT molecular complexity index is 667. The fraction of sp³-hybridized carbons (Fsp3) is 0.143. The first-order valence-corrected chi connectivity index (χ1v) is 6.38. The fourth-order valence-corrected chi connectivity index (χ4v) is 1.86. The van der Waals surface area contributed by atoms with E-state index in [4.69, 9.17) is 27.3 Å². The molecule has 2 rings (SSSR count). The molecule has 5 nitrogen and oxygen atoms in total. The number of hydrogen-bond donors (Lipinski definition) is 2. The Labute approximate surface area is 122 Å². The molecule has 3 N–H and O–H groups in total. The highest BCUT2D eigenvalue weighted by atomic mass is 35.5. The van der Waals surface area contributed by atoms with E-state index in [0.29, 0.717) is 23.1 Å². The summed E-state index contributed by atoms with van der Waals surface area (Å²) >= 11 is 5.92. The van der Waals surface area contributed by atoms with Crippen molar-refractivity contribution >= 4 is 28.8 Å². The quantitative estimate of drug-likeness (QED) is 0.901. The van der Waals surface area contributed by atoms with E-state index in [0.717, 1.165) is 5.69 Å². The summed E-state index contributed by atoms with van der Waals surface area (Å²) in [4.78, 5) is 4.24. The lowest BCUT2D eigenvalue weighted by atomic mass is 10.2. The minimum absolute atomic E-state index is 0.222. The Kier molecular flexibility index (Phi) is 4.28. The van der Waals surface area contributed by atoms with Crippen molar-refractivity contribution in [2.75, 3.05) is 17.7 Å². The second-order valence-corrected chi connectivity index (χ2v) is 4.39. The second kappa shape index (κ2) is 6.13. The van der Waals surface area contributed by atoms with Gasteiger partial charge in [-0.3, -0.25) is 0 Å². The molecule has 0 aliphatic heterocycles. The van der Waals surface area contributed by atoms with E-state index in [1.807, 2.05) is 25.1 Å². The SMILES string of the molecule is CCOc1nc(Nc2cccc(Cl)c2)cc(N)c1C#N. The van der Waals surface area contributed by atoms with Gasteiger partial charge in [-0.05, 0) is 25.1 Å². The third-order valence-electron chi connectivity index (χ3n) is 2.51. The Balaban J connectivity index is 2.36. The van der Waals surface area contributed by atoms with E-state index in [-0.39, 0.29) is 11.4 Å². The van der Waals surface area contributed by atoms with Crippen LogP contribution >= 0.6 is 11.6 Å². The third-order valence-corrected chi connectivity index (χ3v) is 2.74. The van der Waals surface area contributed by atoms with Crippen LogP contribution < -0.4 is 15.8 Å². The number of nitrogens with one attached hydrogen (secondary N) is 1. The number of aromatic nitrogens is 1. The summed E-state index contributed by atoms with van der Waals surface area (Å²) in [6.45, 7) is 2.22. The number of ether oxygens (including phenoxy) is 1. The van der Waals surface area contributed by atoms with Crippen molar-refractivity contribution in [2.45, 2.75) is 6.92 Å². The van der Waals surface area contributed by atoms with Crippen molar-refractivity contribution in [1.29, 1.82) is 5.26 Å². The molecule has 0 bridgehead atoms. The van der Waals surface area contributed by atoms with Crippen molar-refractivity contribution in [2.24, 2.45) is 0 Å². The summed E-state index contributed by atoms with van der Waals surface area (Å²) in [5.74, 6) is 0.715. The van der Waals surface area contributed by atoms with Gasteiger partial charge in [0.2, 0.25) is 5.88 Å². The molecule has 1 heterocycles. The number of halogens is 1. The maximum absolute atomic E-state index is 9.06. The first-order chi connectivity index (χ1) is 9.63. The molecule has 0 spiro atoms. The molecule has 6 heteroatoms. The number of hydrogen-bond acceptors (Lipinski definition) is 5. The van der Waals surface area contributed by atoms with Gasteiger partial charge < -0.3 is 15.8 Å². The standard InChI is InChI=1S/C14H13ClN4O/c1-2-20-14-11(8-16)12(17)7-13(19-14)18-10-5-3-4-9(15)6-10/h3-7H,2H2,1H3,(H3,17,18,19). The number of anilines is 3. The maximum Gasteiger partial charge on any atom is 0.235 e. The number of nitrogens with two attached hydrogens (primary N) is 1. The largest absolute Gasteiger partial charge is 0.477 e. The molecule has 2 aromatic rings. The lowest BCUT2D eigenvalue weighted by Crippen LogP contribution is -2.04. The Morgan fingerprint density at radius 3 is 2.90 bits per heavy atom. The van der Waals surface area contributed by atoms with Crippen molar-refractivity contribution in [3.8, 4) is 11.9 Å². The van der Waals surface area contributed by atoms with Gasteiger partial charge in [0.05, 0.1) is 12.3 Å². The van der Waals surface area contributed by atoms with Gasteiger partial charge in [0, 0.05) is 16.8 Å². The molecular weight excluding hydrogens is 276 g/mol. The summed E-state index contributed by atoms with van der Waals surface area (Å²) in [6, 6.07) is 10.8. The number of nitriles is 1. The molecule has 0 aliphatic rings. The van der Waals surface area contributed by atoms with Crippen LogP contribution in [0.2, 0.25) is 5.02 Å². The van der Waals surface area contributed by atoms with E-state index < -0.39 is 0 Å². The highest BCUT2D eigenvalue weighted by Crippen LogP contribution is 2.27. The predicted molar refractivity (Wildman–Crippen MR) is 79.3 cm³/mol. The Morgan fingerprint density at radius 2 is 2.25 bits per heavy atom. The summed E-state index contributed by atoms with van der Waals surface area (Å²) in [5.41, 5.74) is 7.17. The molecule has 0 radical (unpaired) electrons. The van der Waals surface area contributed by atoms with Crippen LogP contribution in [0.1, 0.15) is 12.5 Å². The molecule has 0 atom stereocenters. The van der Waals surface area contributed by atoms with E-state index in [1.54, 1.807) is 18.2 Å². The molecule has 0 fully saturated rings. The van der Waals surface area contributed by atoms with E-state index in [9.17, 15) is 0 Å². The van der Waals surface area contributed by atoms with E-state index in [2.05, 4.69) is 10.3 Å². The molecule has 1 aromatic carbocycles. The number of benzene rings is 1. The molecule has 0 amide bonds. The summed E-state index contributed by atoms with van der Waals surface area (Å²) in [5, 5.41) is 12.7. The molecule has 20 heavy (non-hydrogen) atoms. The van der Waals surface area contributed by atoms with Gasteiger partial charge in [-0.1, -0.05) is 17.7 Å². The average molecular weight is 289 g/mol. The van der Waals surface area contributed by atoms with Gasteiger partial charge in [-0.25, -0.2) is 0 Å². The number of nitrogen functional groups attached to an aromatic ring is 1. The smallest absolute Gasteiger partial charge is 0.235 e. The lowest BCUT2D eigenvalue weighted by molar-refractivity contribution is 0.326. The molecule has 0 saturated carbocycles. The van der Waals surface area contributed by atoms with Gasteiger partial charge in [0.25, 0.3) is 0 Å². The lowest BCUT2D eigenvalue weighted by Gasteiger charge is -2.11. The van der Waals surface area contributed by atoms with Gasteiger partial charge >= 0.3 is 0 Å². The van der Waals surface area contributed by atoms with Gasteiger partial charge in [0.1, 0.15) is 17.5 Å². The van der Waals surface area contributed by atoms with Crippen LogP contribution in [0.5, 0.6) is 5.88 Å². The molecular formula is C14H13ClN4O. The van der Waals surface area contributed by atoms with E-state index in [1.165, 1.54) is 0 Å². The number of pyridine rings is 1. The molecule has 0 saturated heterocycles. The second-order valence-electron chi connectivity index (χ2n) is 3.96. The number of nitrogens with zero attached hydrogens (tertiary/aromatic N) is 2. The first kappa shape index (κ1) is 14.0. The zero-order chi connectivity index (χ0) is 14.5. The van der Waals surface area contributed by atoms with Crippen LogP contribution in [0, 0.1) is 11.3 Å². The van der Waals surface area contributed by atoms with Gasteiger partial charge in [0.15, 0.2) is 0 Å². The van der Waals surface area contributed by atoms with Gasteiger partial charge in [-0.2, -0.15) is 10.2 Å². The molecule has 102 valence electrons. The van der Waals surface area contributed by atoms with E-state index >= 15 is 0 Å². The van der Waals surface area contributed by atoms with Crippen LogP contribution in [0.3, 0.4) is 0 Å². The molecule has 0 unspecified atom stereocenters. The Morgan fingerprint density at radius 1 is 1.45 bits per heavy atom. The normalized spacial score (nSPS) is 9.85. The predicted octanol–water partition coefficient (Wildman–Crippen LogP) is 3.33. The van der Waals surface area contributed by atoms with Crippen LogP contribution in [-0.2, 0) is 0 Å². The van der Waals surface area contributed by atoms with Crippen molar-refractivity contribution < 1.29 is 4.74 Å². The van der Waals surface area contributed by atoms with Crippen LogP contribution in [0.15, 0.2) is 30.3 Å². The fourth-order valence-electron chi connectivity index (χ4n) is 1.67. The van der Waals surface area contributed by atoms with Crippen LogP contribution in [0.25, 0.3) is 0 Å². The van der Waals surface area contributed by atoms with Crippen molar-refractivity contribution in [3.05, 3.63) is 40.9 Å². The zero-order valence-corrected chi connectivity index (χ0v) is 11.6. The number of rotatable bonds is 4. The summed E-state index contributed by atoms with van der Waals surface area (Å²) in [7, 11) is 0. The highest BCUT2D eigenvalue weighted by molar-refractivity contribution is 6.30. The monoisotopic (exact) mass is 288 g/mol. The maximum atomic E-state index is 9.06. The topological polar surface area (TPSA) is 84.0 Å². The first-order valence-electron chi connectivity index (χ1n) is 6.00. The van der Waals surface area contributed by atoms with Crippen molar-refractivity contribution in [1.82, 2.24) is 4.98 Å². The van der Waals surface area contributed by atoms with Crippen molar-refractivity contribution in [3.63, 3.8) is 0 Å². The van der Waals surface area contributed by atoms with Crippen LogP contribution in [0.4, 0.5) is 17.2 Å². The van der Waals surface area contributed by atoms with Crippen LogP contribution in [-0.4, -0.2) is 11.6 Å². The van der Waals surface area contributed by atoms with Gasteiger partial charge in [-0.15, -0.1) is 0 Å². The Hall–Kier alpha value is -2.45. The molecule has 0 aliphatic carbocycles. The highest BCUT2D eigenvalue weighted by Gasteiger charge is 2.11. The summed E-state index contributed by atoms with van der Waals surface area (Å²) in [6.07, 6.45) is 0. The minimum Gasteiger partial charge on any atom is -0.477 e. The average Bonchev–Trinajstić information content (AvgIpc) is 2.39.